The van der Waals surface area contributed by atoms with Crippen molar-refractivity contribution in [2.45, 2.75) is 6.92 Å². The minimum atomic E-state index is -0.302. The molecule has 0 amide bonds. The average molecular weight is 247 g/mol. The molecule has 0 aliphatic carbocycles. The third-order valence-electron chi connectivity index (χ3n) is 1.62. The Morgan fingerprint density at radius 2 is 2.15 bits per heavy atom. The lowest BCUT2D eigenvalue weighted by Crippen LogP contribution is -2.10. The van der Waals surface area contributed by atoms with Gasteiger partial charge < -0.3 is 4.74 Å². The molecule has 0 N–H and O–H groups in total. The molecular formula is C10H12BrFO. The lowest BCUT2D eigenvalue weighted by atomic mass is 10.2. The van der Waals surface area contributed by atoms with Gasteiger partial charge in [0.25, 0.3) is 0 Å². The van der Waals surface area contributed by atoms with Crippen LogP contribution in [0.2, 0.25) is 0 Å². The van der Waals surface area contributed by atoms with E-state index in [9.17, 15) is 4.39 Å². The zero-order valence-corrected chi connectivity index (χ0v) is 9.05. The molecule has 1 nitrogen and oxygen atoms in total. The van der Waals surface area contributed by atoms with Crippen LogP contribution in [0.1, 0.15) is 6.92 Å². The number of alkyl halides is 1. The summed E-state index contributed by atoms with van der Waals surface area (Å²) in [6, 6.07) is 6.44. The second kappa shape index (κ2) is 5.22. The molecule has 1 unspecified atom stereocenters. The van der Waals surface area contributed by atoms with Gasteiger partial charge in [-0.15, -0.1) is 0 Å². The van der Waals surface area contributed by atoms with E-state index in [1.807, 2.05) is 6.92 Å². The Morgan fingerprint density at radius 3 is 2.77 bits per heavy atom. The number of para-hydroxylation sites is 1. The summed E-state index contributed by atoms with van der Waals surface area (Å²) < 4.78 is 18.3. The monoisotopic (exact) mass is 246 g/mol. The molecule has 13 heavy (non-hydrogen) atoms. The number of benzene rings is 1. The molecule has 0 heterocycles. The number of halogens is 2. The fourth-order valence-electron chi connectivity index (χ4n) is 0.838. The first-order valence-electron chi connectivity index (χ1n) is 4.17. The maximum Gasteiger partial charge on any atom is 0.165 e. The zero-order valence-electron chi connectivity index (χ0n) is 7.47. The van der Waals surface area contributed by atoms with E-state index in [1.54, 1.807) is 18.2 Å². The van der Waals surface area contributed by atoms with Gasteiger partial charge in [-0.2, -0.15) is 0 Å². The molecule has 1 rings (SSSR count). The van der Waals surface area contributed by atoms with Crippen molar-refractivity contribution in [2.75, 3.05) is 11.9 Å². The van der Waals surface area contributed by atoms with E-state index in [2.05, 4.69) is 15.9 Å². The van der Waals surface area contributed by atoms with Gasteiger partial charge in [0.05, 0.1) is 6.61 Å². The van der Waals surface area contributed by atoms with Crippen LogP contribution in [-0.2, 0) is 0 Å². The van der Waals surface area contributed by atoms with Crippen molar-refractivity contribution in [3.8, 4) is 5.75 Å². The van der Waals surface area contributed by atoms with Crippen LogP contribution in [0.25, 0.3) is 0 Å². The molecule has 0 radical (unpaired) electrons. The van der Waals surface area contributed by atoms with Gasteiger partial charge in [-0.1, -0.05) is 35.0 Å². The van der Waals surface area contributed by atoms with Gasteiger partial charge in [0.15, 0.2) is 11.6 Å². The fraction of sp³-hybridized carbons (Fsp3) is 0.400. The summed E-state index contributed by atoms with van der Waals surface area (Å²) in [4.78, 5) is 0. The highest BCUT2D eigenvalue weighted by Crippen LogP contribution is 2.16. The summed E-state index contributed by atoms with van der Waals surface area (Å²) in [7, 11) is 0. The Bertz CT molecular complexity index is 265. The van der Waals surface area contributed by atoms with Crippen molar-refractivity contribution in [3.05, 3.63) is 30.1 Å². The summed E-state index contributed by atoms with van der Waals surface area (Å²) in [5, 5.41) is 0.863. The Kier molecular flexibility index (Phi) is 4.22. The van der Waals surface area contributed by atoms with Gasteiger partial charge in [0.2, 0.25) is 0 Å². The minimum absolute atomic E-state index is 0.302. The summed E-state index contributed by atoms with van der Waals surface area (Å²) in [6.45, 7) is 2.57. The van der Waals surface area contributed by atoms with Gasteiger partial charge in [-0.05, 0) is 18.1 Å². The first-order chi connectivity index (χ1) is 6.24. The molecule has 0 saturated heterocycles. The van der Waals surface area contributed by atoms with Crippen LogP contribution in [-0.4, -0.2) is 11.9 Å². The Balaban J connectivity index is 2.50. The molecule has 1 aromatic carbocycles. The fourth-order valence-corrected chi connectivity index (χ4v) is 1.03. The summed E-state index contributed by atoms with van der Waals surface area (Å²) in [5.41, 5.74) is 0. The molecule has 0 bridgehead atoms. The van der Waals surface area contributed by atoms with E-state index in [1.165, 1.54) is 6.07 Å². The highest BCUT2D eigenvalue weighted by atomic mass is 79.9. The molecule has 0 saturated carbocycles. The number of hydrogen-bond acceptors (Lipinski definition) is 1. The molecule has 0 aliphatic rings. The van der Waals surface area contributed by atoms with Crippen LogP contribution in [0.3, 0.4) is 0 Å². The molecule has 1 atom stereocenters. The van der Waals surface area contributed by atoms with Gasteiger partial charge >= 0.3 is 0 Å². The van der Waals surface area contributed by atoms with Crippen molar-refractivity contribution < 1.29 is 9.13 Å². The van der Waals surface area contributed by atoms with Crippen LogP contribution in [0.4, 0.5) is 4.39 Å². The SMILES string of the molecule is CC(CBr)COc1ccccc1F. The van der Waals surface area contributed by atoms with E-state index in [0.29, 0.717) is 18.3 Å². The van der Waals surface area contributed by atoms with Crippen LogP contribution >= 0.6 is 15.9 Å². The van der Waals surface area contributed by atoms with Crippen LogP contribution in [0, 0.1) is 11.7 Å². The molecule has 0 aliphatic heterocycles. The molecule has 1 aromatic rings. The summed E-state index contributed by atoms with van der Waals surface area (Å²) in [6.07, 6.45) is 0. The number of ether oxygens (including phenoxy) is 1. The standard InChI is InChI=1S/C10H12BrFO/c1-8(6-11)7-13-10-5-3-2-4-9(10)12/h2-5,8H,6-7H2,1H3. The van der Waals surface area contributed by atoms with Crippen molar-refractivity contribution in [3.63, 3.8) is 0 Å². The molecule has 0 fully saturated rings. The Morgan fingerprint density at radius 1 is 1.46 bits per heavy atom. The van der Waals surface area contributed by atoms with E-state index in [0.717, 1.165) is 5.33 Å². The molecule has 72 valence electrons. The largest absolute Gasteiger partial charge is 0.490 e. The van der Waals surface area contributed by atoms with E-state index in [-0.39, 0.29) is 5.82 Å². The minimum Gasteiger partial charge on any atom is -0.490 e. The molecule has 0 spiro atoms. The van der Waals surface area contributed by atoms with Crippen molar-refractivity contribution in [2.24, 2.45) is 5.92 Å². The smallest absolute Gasteiger partial charge is 0.165 e. The maximum absolute atomic E-state index is 13.0. The Labute approximate surface area is 86.0 Å². The summed E-state index contributed by atoms with van der Waals surface area (Å²) in [5.74, 6) is 0.416. The van der Waals surface area contributed by atoms with Crippen molar-refractivity contribution in [1.29, 1.82) is 0 Å². The summed E-state index contributed by atoms with van der Waals surface area (Å²) >= 11 is 3.33. The lowest BCUT2D eigenvalue weighted by molar-refractivity contribution is 0.262. The molecular weight excluding hydrogens is 235 g/mol. The molecule has 0 aromatic heterocycles. The van der Waals surface area contributed by atoms with Gasteiger partial charge in [0, 0.05) is 5.33 Å². The number of hydrogen-bond donors (Lipinski definition) is 0. The quantitative estimate of drug-likeness (QED) is 0.742. The van der Waals surface area contributed by atoms with E-state index in [4.69, 9.17) is 4.74 Å². The third-order valence-corrected chi connectivity index (χ3v) is 2.73. The Hall–Kier alpha value is -0.570. The second-order valence-electron chi connectivity index (χ2n) is 3.00. The van der Waals surface area contributed by atoms with Gasteiger partial charge in [-0.25, -0.2) is 4.39 Å². The normalized spacial score (nSPS) is 12.5. The van der Waals surface area contributed by atoms with Crippen LogP contribution in [0.5, 0.6) is 5.75 Å². The molecule has 3 heteroatoms. The maximum atomic E-state index is 13.0. The predicted octanol–water partition coefficient (Wildman–Crippen LogP) is 3.24. The third kappa shape index (κ3) is 3.35. The topological polar surface area (TPSA) is 9.23 Å². The van der Waals surface area contributed by atoms with Gasteiger partial charge in [0.1, 0.15) is 0 Å². The highest BCUT2D eigenvalue weighted by molar-refractivity contribution is 9.09. The highest BCUT2D eigenvalue weighted by Gasteiger charge is 2.04. The van der Waals surface area contributed by atoms with E-state index < -0.39 is 0 Å². The zero-order chi connectivity index (χ0) is 9.68. The second-order valence-corrected chi connectivity index (χ2v) is 3.65. The van der Waals surface area contributed by atoms with Crippen LogP contribution in [0.15, 0.2) is 24.3 Å². The average Bonchev–Trinajstić information content (AvgIpc) is 2.16. The van der Waals surface area contributed by atoms with Gasteiger partial charge in [-0.3, -0.25) is 0 Å². The number of rotatable bonds is 4. The first-order valence-corrected chi connectivity index (χ1v) is 5.29. The van der Waals surface area contributed by atoms with E-state index >= 15 is 0 Å². The first kappa shape index (κ1) is 10.5. The lowest BCUT2D eigenvalue weighted by Gasteiger charge is -2.10. The van der Waals surface area contributed by atoms with Crippen molar-refractivity contribution in [1.82, 2.24) is 0 Å². The predicted molar refractivity (Wildman–Crippen MR) is 54.9 cm³/mol. The van der Waals surface area contributed by atoms with Crippen LogP contribution < -0.4 is 4.74 Å². The van der Waals surface area contributed by atoms with Crippen molar-refractivity contribution >= 4 is 15.9 Å².